The van der Waals surface area contributed by atoms with E-state index in [1.54, 1.807) is 5.38 Å². The lowest BCUT2D eigenvalue weighted by Crippen LogP contribution is -2.37. The first-order valence-electron chi connectivity index (χ1n) is 3.77. The van der Waals surface area contributed by atoms with Gasteiger partial charge in [-0.15, -0.1) is 11.3 Å². The Kier molecular flexibility index (Phi) is 3.55. The van der Waals surface area contributed by atoms with Gasteiger partial charge in [0.05, 0.1) is 12.5 Å². The molecule has 0 saturated carbocycles. The number of thiazole rings is 1. The lowest BCUT2D eigenvalue weighted by molar-refractivity contribution is -0.138. The molecule has 0 aliphatic rings. The summed E-state index contributed by atoms with van der Waals surface area (Å²) in [5.74, 6) is -1.64. The molecule has 0 saturated heterocycles. The summed E-state index contributed by atoms with van der Waals surface area (Å²) in [5, 5.41) is 12.9. The quantitative estimate of drug-likeness (QED) is 0.649. The van der Waals surface area contributed by atoms with Crippen LogP contribution in [-0.2, 0) is 9.59 Å². The van der Waals surface area contributed by atoms with Gasteiger partial charge in [0.15, 0.2) is 5.13 Å². The van der Waals surface area contributed by atoms with Crippen LogP contribution in [0.4, 0.5) is 5.13 Å². The van der Waals surface area contributed by atoms with Crippen molar-refractivity contribution in [1.29, 1.82) is 0 Å². The standard InChI is InChI=1S/C7H9N3O3S/c8-4(3-5(11)12)6(13)10-7-9-1-2-14-7/h1-2,4H,3,8H2,(H,11,12)(H,9,10,13). The summed E-state index contributed by atoms with van der Waals surface area (Å²) in [6.07, 6.45) is 1.14. The Labute approximate surface area is 83.8 Å². The Morgan fingerprint density at radius 2 is 2.43 bits per heavy atom. The van der Waals surface area contributed by atoms with E-state index in [-0.39, 0.29) is 0 Å². The summed E-state index contributed by atoms with van der Waals surface area (Å²) in [5.41, 5.74) is 5.32. The highest BCUT2D eigenvalue weighted by Gasteiger charge is 2.17. The first-order chi connectivity index (χ1) is 6.59. The number of anilines is 1. The summed E-state index contributed by atoms with van der Waals surface area (Å²) in [6.45, 7) is 0. The molecule has 6 nitrogen and oxygen atoms in total. The fraction of sp³-hybridized carbons (Fsp3) is 0.286. The Balaban J connectivity index is 2.46. The second kappa shape index (κ2) is 4.68. The minimum Gasteiger partial charge on any atom is -0.481 e. The fourth-order valence-corrected chi connectivity index (χ4v) is 1.30. The van der Waals surface area contributed by atoms with Crippen molar-refractivity contribution >= 4 is 28.3 Å². The molecule has 4 N–H and O–H groups in total. The number of carbonyl (C=O) groups excluding carboxylic acids is 1. The first-order valence-corrected chi connectivity index (χ1v) is 4.65. The van der Waals surface area contributed by atoms with E-state index in [9.17, 15) is 9.59 Å². The van der Waals surface area contributed by atoms with Crippen molar-refractivity contribution in [2.75, 3.05) is 5.32 Å². The van der Waals surface area contributed by atoms with Crippen molar-refractivity contribution in [3.63, 3.8) is 0 Å². The van der Waals surface area contributed by atoms with Crippen molar-refractivity contribution in [2.24, 2.45) is 5.73 Å². The molecular formula is C7H9N3O3S. The zero-order valence-corrected chi connectivity index (χ0v) is 7.95. The second-order valence-electron chi connectivity index (χ2n) is 2.53. The van der Waals surface area contributed by atoms with Crippen LogP contribution in [0.15, 0.2) is 11.6 Å². The molecule has 1 unspecified atom stereocenters. The zero-order chi connectivity index (χ0) is 10.6. The predicted molar refractivity (Wildman–Crippen MR) is 51.0 cm³/mol. The Hall–Kier alpha value is -1.47. The molecule has 0 bridgehead atoms. The molecule has 1 amide bonds. The predicted octanol–water partition coefficient (Wildman–Crippen LogP) is -0.116. The van der Waals surface area contributed by atoms with E-state index in [0.29, 0.717) is 5.13 Å². The van der Waals surface area contributed by atoms with Gasteiger partial charge in [0, 0.05) is 11.6 Å². The number of hydrogen-bond acceptors (Lipinski definition) is 5. The number of carbonyl (C=O) groups is 2. The number of hydrogen-bond donors (Lipinski definition) is 3. The number of amides is 1. The molecule has 0 fully saturated rings. The zero-order valence-electron chi connectivity index (χ0n) is 7.14. The van der Waals surface area contributed by atoms with Crippen LogP contribution < -0.4 is 11.1 Å². The number of nitrogens with two attached hydrogens (primary N) is 1. The van der Waals surface area contributed by atoms with E-state index in [1.807, 2.05) is 0 Å². The summed E-state index contributed by atoms with van der Waals surface area (Å²) in [6, 6.07) is -1.05. The van der Waals surface area contributed by atoms with E-state index in [1.165, 1.54) is 17.5 Å². The lowest BCUT2D eigenvalue weighted by Gasteiger charge is -2.07. The van der Waals surface area contributed by atoms with Crippen LogP contribution in [0, 0.1) is 0 Å². The Morgan fingerprint density at radius 1 is 1.71 bits per heavy atom. The normalized spacial score (nSPS) is 12.1. The van der Waals surface area contributed by atoms with E-state index < -0.39 is 24.3 Å². The summed E-state index contributed by atoms with van der Waals surface area (Å²) in [7, 11) is 0. The van der Waals surface area contributed by atoms with Crippen LogP contribution in [0.3, 0.4) is 0 Å². The number of nitrogens with zero attached hydrogens (tertiary/aromatic N) is 1. The molecule has 1 heterocycles. The van der Waals surface area contributed by atoms with Gasteiger partial charge in [0.25, 0.3) is 0 Å². The monoisotopic (exact) mass is 215 g/mol. The average Bonchev–Trinajstić information content (AvgIpc) is 2.55. The molecule has 76 valence electrons. The molecule has 0 spiro atoms. The summed E-state index contributed by atoms with van der Waals surface area (Å²) in [4.78, 5) is 25.3. The number of carboxylic acid groups (broad SMARTS) is 1. The van der Waals surface area contributed by atoms with Crippen LogP contribution in [-0.4, -0.2) is 28.0 Å². The molecule has 1 atom stereocenters. The molecule has 1 rings (SSSR count). The van der Waals surface area contributed by atoms with Crippen molar-refractivity contribution in [3.05, 3.63) is 11.6 Å². The molecule has 0 aliphatic carbocycles. The largest absolute Gasteiger partial charge is 0.481 e. The van der Waals surface area contributed by atoms with Gasteiger partial charge >= 0.3 is 5.97 Å². The fourth-order valence-electron chi connectivity index (χ4n) is 0.764. The minimum absolute atomic E-state index is 0.392. The van der Waals surface area contributed by atoms with Crippen LogP contribution in [0.2, 0.25) is 0 Å². The number of nitrogens with one attached hydrogen (secondary N) is 1. The van der Waals surface area contributed by atoms with E-state index >= 15 is 0 Å². The van der Waals surface area contributed by atoms with E-state index in [4.69, 9.17) is 10.8 Å². The SMILES string of the molecule is NC(CC(=O)O)C(=O)Nc1nccs1. The number of aromatic nitrogens is 1. The number of carboxylic acids is 1. The summed E-state index contributed by atoms with van der Waals surface area (Å²) >= 11 is 1.24. The maximum absolute atomic E-state index is 11.2. The Bertz CT molecular complexity index is 325. The van der Waals surface area contributed by atoms with Gasteiger partial charge in [-0.3, -0.25) is 9.59 Å². The van der Waals surface area contributed by atoms with Gasteiger partial charge < -0.3 is 16.2 Å². The van der Waals surface area contributed by atoms with Crippen LogP contribution in [0.5, 0.6) is 0 Å². The van der Waals surface area contributed by atoms with Gasteiger partial charge in [-0.1, -0.05) is 0 Å². The topological polar surface area (TPSA) is 105 Å². The molecule has 1 aromatic heterocycles. The molecule has 0 radical (unpaired) electrons. The van der Waals surface area contributed by atoms with Crippen molar-refractivity contribution in [3.8, 4) is 0 Å². The minimum atomic E-state index is -1.10. The van der Waals surface area contributed by atoms with Gasteiger partial charge in [-0.25, -0.2) is 4.98 Å². The highest BCUT2D eigenvalue weighted by molar-refractivity contribution is 7.13. The molecule has 1 aromatic rings. The number of aliphatic carboxylic acids is 1. The smallest absolute Gasteiger partial charge is 0.305 e. The number of rotatable bonds is 4. The van der Waals surface area contributed by atoms with Gasteiger partial charge in [0.2, 0.25) is 5.91 Å². The molecule has 0 aliphatic heterocycles. The molecule has 14 heavy (non-hydrogen) atoms. The van der Waals surface area contributed by atoms with E-state index in [2.05, 4.69) is 10.3 Å². The van der Waals surface area contributed by atoms with Gasteiger partial charge in [0.1, 0.15) is 0 Å². The lowest BCUT2D eigenvalue weighted by atomic mass is 10.2. The Morgan fingerprint density at radius 3 is 2.93 bits per heavy atom. The third kappa shape index (κ3) is 3.11. The van der Waals surface area contributed by atoms with Gasteiger partial charge in [-0.2, -0.15) is 0 Å². The van der Waals surface area contributed by atoms with E-state index in [0.717, 1.165) is 0 Å². The molecule has 7 heteroatoms. The third-order valence-electron chi connectivity index (χ3n) is 1.39. The van der Waals surface area contributed by atoms with Crippen molar-refractivity contribution < 1.29 is 14.7 Å². The maximum Gasteiger partial charge on any atom is 0.305 e. The average molecular weight is 215 g/mol. The third-order valence-corrected chi connectivity index (χ3v) is 2.08. The first kappa shape index (κ1) is 10.6. The van der Waals surface area contributed by atoms with Crippen LogP contribution in [0.1, 0.15) is 6.42 Å². The second-order valence-corrected chi connectivity index (χ2v) is 3.43. The summed E-state index contributed by atoms with van der Waals surface area (Å²) < 4.78 is 0. The maximum atomic E-state index is 11.2. The highest BCUT2D eigenvalue weighted by atomic mass is 32.1. The van der Waals surface area contributed by atoms with Crippen molar-refractivity contribution in [2.45, 2.75) is 12.5 Å². The van der Waals surface area contributed by atoms with Crippen LogP contribution in [0.25, 0.3) is 0 Å². The highest BCUT2D eigenvalue weighted by Crippen LogP contribution is 2.10. The molecular weight excluding hydrogens is 206 g/mol. The van der Waals surface area contributed by atoms with Crippen molar-refractivity contribution in [1.82, 2.24) is 4.98 Å². The molecule has 0 aromatic carbocycles. The van der Waals surface area contributed by atoms with Crippen LogP contribution >= 0.6 is 11.3 Å². The van der Waals surface area contributed by atoms with Gasteiger partial charge in [-0.05, 0) is 0 Å².